The van der Waals surface area contributed by atoms with Crippen LogP contribution in [0.2, 0.25) is 0 Å². The molecule has 1 rings (SSSR count). The van der Waals surface area contributed by atoms with Crippen LogP contribution in [-0.2, 0) is 18.4 Å². The van der Waals surface area contributed by atoms with Gasteiger partial charge < -0.3 is 11.1 Å². The summed E-state index contributed by atoms with van der Waals surface area (Å²) in [5.41, 5.74) is 6.39. The maximum atomic E-state index is 11.5. The average Bonchev–Trinajstić information content (AvgIpc) is 2.44. The van der Waals surface area contributed by atoms with Crippen molar-refractivity contribution in [2.45, 2.75) is 26.8 Å². The normalized spacial score (nSPS) is 10.7. The van der Waals surface area contributed by atoms with E-state index in [2.05, 4.69) is 10.4 Å². The van der Waals surface area contributed by atoms with Gasteiger partial charge in [-0.3, -0.25) is 9.48 Å². The number of aryl methyl sites for hydroxylation is 1. The molecule has 0 radical (unpaired) electrons. The summed E-state index contributed by atoms with van der Waals surface area (Å²) in [5, 5.41) is 6.90. The number of hydrogen-bond acceptors (Lipinski definition) is 3. The second-order valence-corrected chi connectivity index (χ2v) is 4.03. The predicted octanol–water partition coefficient (Wildman–Crippen LogP) is 0.863. The van der Waals surface area contributed by atoms with Crippen molar-refractivity contribution in [3.05, 3.63) is 11.8 Å². The third kappa shape index (κ3) is 3.36. The van der Waals surface area contributed by atoms with Crippen LogP contribution in [0.25, 0.3) is 0 Å². The maximum absolute atomic E-state index is 11.5. The molecule has 0 atom stereocenters. The van der Waals surface area contributed by atoms with Gasteiger partial charge in [-0.05, 0) is 5.92 Å². The van der Waals surface area contributed by atoms with Crippen molar-refractivity contribution in [2.24, 2.45) is 18.7 Å². The van der Waals surface area contributed by atoms with Crippen molar-refractivity contribution < 1.29 is 4.79 Å². The molecule has 84 valence electrons. The molecule has 5 heteroatoms. The summed E-state index contributed by atoms with van der Waals surface area (Å²) in [4.78, 5) is 11.5. The molecule has 0 bridgehead atoms. The summed E-state index contributed by atoms with van der Waals surface area (Å²) in [5.74, 6) is 0.902. The Kier molecular flexibility index (Phi) is 3.85. The molecule has 0 aliphatic carbocycles. The molecule has 0 aromatic carbocycles. The van der Waals surface area contributed by atoms with Crippen LogP contribution in [0.3, 0.4) is 0 Å². The summed E-state index contributed by atoms with van der Waals surface area (Å²) in [6.07, 6.45) is 2.31. The Hall–Kier alpha value is -1.36. The minimum atomic E-state index is -0.0154. The smallest absolute Gasteiger partial charge is 0.225 e. The number of carbonyl (C=O) groups excluding carboxylic acids is 1. The lowest BCUT2D eigenvalue weighted by molar-refractivity contribution is -0.116. The molecule has 5 nitrogen and oxygen atoms in total. The second kappa shape index (κ2) is 4.93. The molecule has 1 heterocycles. The fraction of sp³-hybridized carbons (Fsp3) is 0.600. The number of hydrogen-bond donors (Lipinski definition) is 2. The highest BCUT2D eigenvalue weighted by Crippen LogP contribution is 2.12. The van der Waals surface area contributed by atoms with Crippen molar-refractivity contribution in [1.82, 2.24) is 9.78 Å². The Morgan fingerprint density at radius 2 is 2.33 bits per heavy atom. The first-order valence-electron chi connectivity index (χ1n) is 5.05. The van der Waals surface area contributed by atoms with Gasteiger partial charge in [0.25, 0.3) is 0 Å². The van der Waals surface area contributed by atoms with Crippen molar-refractivity contribution in [1.29, 1.82) is 0 Å². The summed E-state index contributed by atoms with van der Waals surface area (Å²) in [6, 6.07) is 0. The average molecular weight is 210 g/mol. The monoisotopic (exact) mass is 210 g/mol. The molecule has 0 spiro atoms. The van der Waals surface area contributed by atoms with Gasteiger partial charge in [-0.1, -0.05) is 13.8 Å². The molecular weight excluding hydrogens is 192 g/mol. The number of rotatable bonds is 4. The topological polar surface area (TPSA) is 72.9 Å². The highest BCUT2D eigenvalue weighted by Gasteiger charge is 2.10. The molecule has 0 unspecified atom stereocenters. The van der Waals surface area contributed by atoms with E-state index in [9.17, 15) is 4.79 Å². The van der Waals surface area contributed by atoms with Crippen LogP contribution in [0.15, 0.2) is 6.20 Å². The van der Waals surface area contributed by atoms with Crippen molar-refractivity contribution in [3.63, 3.8) is 0 Å². The van der Waals surface area contributed by atoms with Gasteiger partial charge in [0.15, 0.2) is 5.82 Å². The molecule has 0 saturated heterocycles. The minimum absolute atomic E-state index is 0.0154. The number of amides is 1. The van der Waals surface area contributed by atoms with Crippen molar-refractivity contribution in [3.8, 4) is 0 Å². The molecule has 0 aliphatic heterocycles. The van der Waals surface area contributed by atoms with E-state index in [4.69, 9.17) is 5.73 Å². The fourth-order valence-corrected chi connectivity index (χ4v) is 1.35. The molecule has 0 fully saturated rings. The number of nitrogens with two attached hydrogens (primary N) is 1. The van der Waals surface area contributed by atoms with Gasteiger partial charge in [-0.15, -0.1) is 0 Å². The van der Waals surface area contributed by atoms with Crippen LogP contribution in [0.1, 0.15) is 25.8 Å². The van der Waals surface area contributed by atoms with Gasteiger partial charge in [0.2, 0.25) is 5.91 Å². The van der Waals surface area contributed by atoms with E-state index in [0.29, 0.717) is 24.7 Å². The van der Waals surface area contributed by atoms with Crippen LogP contribution in [-0.4, -0.2) is 15.7 Å². The Morgan fingerprint density at radius 1 is 1.67 bits per heavy atom. The standard InChI is InChI=1S/C10H18N4O/c1-7(2)4-9(15)12-10-8(5-11)6-14(3)13-10/h6-7H,4-5,11H2,1-3H3,(H,12,13,15). The number of nitrogens with one attached hydrogen (secondary N) is 1. The van der Waals surface area contributed by atoms with Gasteiger partial charge in [-0.2, -0.15) is 5.10 Å². The molecule has 1 aromatic rings. The lowest BCUT2D eigenvalue weighted by Crippen LogP contribution is -2.15. The van der Waals surface area contributed by atoms with Gasteiger partial charge in [-0.25, -0.2) is 0 Å². The maximum Gasteiger partial charge on any atom is 0.225 e. The summed E-state index contributed by atoms with van der Waals surface area (Å²) < 4.78 is 1.65. The van der Waals surface area contributed by atoms with E-state index in [1.807, 2.05) is 20.0 Å². The Bertz CT molecular complexity index is 343. The fourth-order valence-electron chi connectivity index (χ4n) is 1.35. The quantitative estimate of drug-likeness (QED) is 0.774. The molecule has 1 aromatic heterocycles. The van der Waals surface area contributed by atoms with E-state index in [-0.39, 0.29) is 5.91 Å². The highest BCUT2D eigenvalue weighted by molar-refractivity contribution is 5.90. The molecular formula is C10H18N4O. The van der Waals surface area contributed by atoms with E-state index < -0.39 is 0 Å². The Morgan fingerprint density at radius 3 is 2.87 bits per heavy atom. The van der Waals surface area contributed by atoms with Crippen LogP contribution in [0.4, 0.5) is 5.82 Å². The predicted molar refractivity (Wildman–Crippen MR) is 59.2 cm³/mol. The van der Waals surface area contributed by atoms with Crippen LogP contribution < -0.4 is 11.1 Å². The molecule has 3 N–H and O–H groups in total. The Balaban J connectivity index is 2.67. The van der Waals surface area contributed by atoms with Crippen molar-refractivity contribution in [2.75, 3.05) is 5.32 Å². The van der Waals surface area contributed by atoms with E-state index in [1.165, 1.54) is 0 Å². The van der Waals surface area contributed by atoms with E-state index in [1.54, 1.807) is 11.7 Å². The third-order valence-corrected chi connectivity index (χ3v) is 1.98. The second-order valence-electron chi connectivity index (χ2n) is 4.03. The molecule has 15 heavy (non-hydrogen) atoms. The SMILES string of the molecule is CC(C)CC(=O)Nc1nn(C)cc1CN. The first-order valence-corrected chi connectivity index (χ1v) is 5.05. The van der Waals surface area contributed by atoms with Gasteiger partial charge in [0.1, 0.15) is 0 Å². The Labute approximate surface area is 89.6 Å². The van der Waals surface area contributed by atoms with Gasteiger partial charge in [0, 0.05) is 31.8 Å². The van der Waals surface area contributed by atoms with Crippen molar-refractivity contribution >= 4 is 11.7 Å². The summed E-state index contributed by atoms with van der Waals surface area (Å²) >= 11 is 0. The first-order chi connectivity index (χ1) is 7.02. The number of carbonyl (C=O) groups is 1. The summed E-state index contributed by atoms with van der Waals surface area (Å²) in [6.45, 7) is 4.38. The minimum Gasteiger partial charge on any atom is -0.326 e. The number of aromatic nitrogens is 2. The lowest BCUT2D eigenvalue weighted by Gasteiger charge is -2.05. The van der Waals surface area contributed by atoms with E-state index >= 15 is 0 Å². The van der Waals surface area contributed by atoms with E-state index in [0.717, 1.165) is 5.56 Å². The zero-order chi connectivity index (χ0) is 11.4. The van der Waals surface area contributed by atoms with Crippen LogP contribution in [0.5, 0.6) is 0 Å². The molecule has 0 aliphatic rings. The van der Waals surface area contributed by atoms with Gasteiger partial charge >= 0.3 is 0 Å². The van der Waals surface area contributed by atoms with Crippen LogP contribution in [0, 0.1) is 5.92 Å². The number of nitrogens with zero attached hydrogens (tertiary/aromatic N) is 2. The zero-order valence-electron chi connectivity index (χ0n) is 9.45. The van der Waals surface area contributed by atoms with Gasteiger partial charge in [0.05, 0.1) is 0 Å². The zero-order valence-corrected chi connectivity index (χ0v) is 9.45. The molecule has 1 amide bonds. The summed E-state index contributed by atoms with van der Waals surface area (Å²) in [7, 11) is 1.80. The van der Waals surface area contributed by atoms with Crippen LogP contribution >= 0.6 is 0 Å². The largest absolute Gasteiger partial charge is 0.326 e. The third-order valence-electron chi connectivity index (χ3n) is 1.98. The lowest BCUT2D eigenvalue weighted by atomic mass is 10.1. The number of anilines is 1. The highest BCUT2D eigenvalue weighted by atomic mass is 16.1. The molecule has 0 saturated carbocycles. The first kappa shape index (κ1) is 11.7.